The molecule has 0 saturated carbocycles. The quantitative estimate of drug-likeness (QED) is 0.383. The number of imide groups is 1. The van der Waals surface area contributed by atoms with Crippen LogP contribution < -0.4 is 5.32 Å². The molecule has 0 aliphatic carbocycles. The number of hydrogen-bond donors (Lipinski definition) is 1. The average molecular weight is 435 g/mol. The van der Waals surface area contributed by atoms with Crippen LogP contribution in [0.3, 0.4) is 0 Å². The topological polar surface area (TPSA) is 126 Å². The number of carbonyl (C=O) groups is 4. The molecule has 0 spiro atoms. The van der Waals surface area contributed by atoms with Crippen LogP contribution in [0.4, 0.5) is 5.69 Å². The number of nitrogens with one attached hydrogen (secondary N) is 1. The fourth-order valence-electron chi connectivity index (χ4n) is 3.18. The predicted molar refractivity (Wildman–Crippen MR) is 113 cm³/mol. The zero-order valence-electron chi connectivity index (χ0n) is 17.6. The highest BCUT2D eigenvalue weighted by Gasteiger charge is 2.35. The van der Waals surface area contributed by atoms with Crippen LogP contribution in [0.1, 0.15) is 50.0 Å². The second-order valence-corrected chi connectivity index (χ2v) is 7.10. The summed E-state index contributed by atoms with van der Waals surface area (Å²) in [7, 11) is 1.53. The van der Waals surface area contributed by atoms with E-state index in [4.69, 9.17) is 14.7 Å². The summed E-state index contributed by atoms with van der Waals surface area (Å²) in [5, 5.41) is 11.5. The van der Waals surface area contributed by atoms with E-state index in [-0.39, 0.29) is 23.2 Å². The van der Waals surface area contributed by atoms with Gasteiger partial charge in [-0.05, 0) is 49.7 Å². The van der Waals surface area contributed by atoms with E-state index < -0.39 is 29.8 Å². The Hall–Kier alpha value is -4.03. The molecule has 32 heavy (non-hydrogen) atoms. The highest BCUT2D eigenvalue weighted by molar-refractivity contribution is 6.22. The lowest BCUT2D eigenvalue weighted by atomic mass is 10.1. The first-order valence-corrected chi connectivity index (χ1v) is 9.87. The summed E-state index contributed by atoms with van der Waals surface area (Å²) >= 11 is 0. The summed E-state index contributed by atoms with van der Waals surface area (Å²) in [6, 6.07) is 12.4. The summed E-state index contributed by atoms with van der Waals surface area (Å²) in [5.41, 5.74) is 1.16. The minimum atomic E-state index is -1.13. The fraction of sp³-hybridized carbons (Fsp3) is 0.261. The lowest BCUT2D eigenvalue weighted by Gasteiger charge is -2.14. The van der Waals surface area contributed by atoms with Gasteiger partial charge in [-0.3, -0.25) is 19.3 Å². The van der Waals surface area contributed by atoms with E-state index in [0.717, 1.165) is 4.90 Å². The zero-order valence-corrected chi connectivity index (χ0v) is 17.6. The third-order valence-electron chi connectivity index (χ3n) is 4.85. The van der Waals surface area contributed by atoms with Gasteiger partial charge in [0.2, 0.25) is 0 Å². The molecule has 9 nitrogen and oxygen atoms in total. The molecule has 0 bridgehead atoms. The Balaban J connectivity index is 1.66. The van der Waals surface area contributed by atoms with Gasteiger partial charge in [-0.1, -0.05) is 6.07 Å². The molecule has 3 rings (SSSR count). The first-order chi connectivity index (χ1) is 15.3. The number of esters is 1. The van der Waals surface area contributed by atoms with Gasteiger partial charge in [-0.2, -0.15) is 5.26 Å². The summed E-state index contributed by atoms with van der Waals surface area (Å²) in [5.74, 6) is -2.29. The van der Waals surface area contributed by atoms with Crippen molar-refractivity contribution in [3.8, 4) is 6.07 Å². The van der Waals surface area contributed by atoms with E-state index >= 15 is 0 Å². The van der Waals surface area contributed by atoms with Crippen LogP contribution in [0.2, 0.25) is 0 Å². The summed E-state index contributed by atoms with van der Waals surface area (Å²) in [4.78, 5) is 51.0. The van der Waals surface area contributed by atoms with Crippen LogP contribution in [0.15, 0.2) is 42.5 Å². The van der Waals surface area contributed by atoms with Gasteiger partial charge in [0.15, 0.2) is 6.10 Å². The number of ether oxygens (including phenoxy) is 2. The van der Waals surface area contributed by atoms with Gasteiger partial charge >= 0.3 is 5.97 Å². The van der Waals surface area contributed by atoms with E-state index in [2.05, 4.69) is 5.32 Å². The standard InChI is InChI=1S/C23H21N3O6/c1-14(20(27)25-17-6-3-5-15(11-17)13-24)32-23(30)16-7-8-18-19(12-16)22(29)26(21(18)28)9-4-10-31-2/h3,5-8,11-12,14H,4,9-10H2,1-2H3,(H,25,27)/t14-/m1/s1. The third kappa shape index (κ3) is 4.82. The monoisotopic (exact) mass is 435 g/mol. The minimum Gasteiger partial charge on any atom is -0.449 e. The molecule has 9 heteroatoms. The smallest absolute Gasteiger partial charge is 0.338 e. The maximum absolute atomic E-state index is 12.6. The van der Waals surface area contributed by atoms with Crippen molar-refractivity contribution in [2.45, 2.75) is 19.4 Å². The van der Waals surface area contributed by atoms with Gasteiger partial charge in [0, 0.05) is 25.9 Å². The van der Waals surface area contributed by atoms with E-state index in [0.29, 0.717) is 24.3 Å². The summed E-state index contributed by atoms with van der Waals surface area (Å²) in [6.45, 7) is 2.02. The fourth-order valence-corrected chi connectivity index (χ4v) is 3.18. The lowest BCUT2D eigenvalue weighted by Crippen LogP contribution is -2.31. The number of rotatable bonds is 8. The minimum absolute atomic E-state index is 0.0507. The molecule has 1 atom stereocenters. The molecular weight excluding hydrogens is 414 g/mol. The second-order valence-electron chi connectivity index (χ2n) is 7.10. The number of benzene rings is 2. The maximum atomic E-state index is 12.6. The average Bonchev–Trinajstić information content (AvgIpc) is 3.03. The molecular formula is C23H21N3O6. The van der Waals surface area contributed by atoms with E-state index in [9.17, 15) is 19.2 Å². The van der Waals surface area contributed by atoms with Crippen LogP contribution in [0.25, 0.3) is 0 Å². The Kier molecular flexibility index (Phi) is 6.97. The molecule has 0 aromatic heterocycles. The molecule has 0 fully saturated rings. The number of anilines is 1. The molecule has 1 aliphatic rings. The molecule has 2 aromatic rings. The van der Waals surface area contributed by atoms with Gasteiger partial charge in [0.05, 0.1) is 28.3 Å². The zero-order chi connectivity index (χ0) is 23.3. The molecule has 1 aliphatic heterocycles. The number of hydrogen-bond acceptors (Lipinski definition) is 7. The van der Waals surface area contributed by atoms with E-state index in [1.54, 1.807) is 18.2 Å². The van der Waals surface area contributed by atoms with Gasteiger partial charge in [0.25, 0.3) is 17.7 Å². The van der Waals surface area contributed by atoms with Gasteiger partial charge in [0.1, 0.15) is 0 Å². The van der Waals surface area contributed by atoms with Crippen LogP contribution in [0, 0.1) is 11.3 Å². The first kappa shape index (κ1) is 22.7. The van der Waals surface area contributed by atoms with Crippen LogP contribution in [-0.2, 0) is 14.3 Å². The van der Waals surface area contributed by atoms with E-state index in [1.807, 2.05) is 6.07 Å². The van der Waals surface area contributed by atoms with E-state index in [1.165, 1.54) is 38.3 Å². The van der Waals surface area contributed by atoms with Crippen LogP contribution >= 0.6 is 0 Å². The van der Waals surface area contributed by atoms with Crippen molar-refractivity contribution in [1.82, 2.24) is 4.90 Å². The second kappa shape index (κ2) is 9.85. The molecule has 0 saturated heterocycles. The number of amides is 3. The summed E-state index contributed by atoms with van der Waals surface area (Å²) < 4.78 is 10.2. The third-order valence-corrected chi connectivity index (χ3v) is 4.85. The normalized spacial score (nSPS) is 13.3. The maximum Gasteiger partial charge on any atom is 0.338 e. The number of carbonyl (C=O) groups excluding carboxylic acids is 4. The van der Waals surface area contributed by atoms with Crippen molar-refractivity contribution >= 4 is 29.4 Å². The lowest BCUT2D eigenvalue weighted by molar-refractivity contribution is -0.123. The highest BCUT2D eigenvalue weighted by atomic mass is 16.5. The Morgan fingerprint density at radius 3 is 2.59 bits per heavy atom. The van der Waals surface area contributed by atoms with Crippen molar-refractivity contribution in [3.63, 3.8) is 0 Å². The summed E-state index contributed by atoms with van der Waals surface area (Å²) in [6.07, 6.45) is -0.634. The molecule has 0 radical (unpaired) electrons. The Bertz CT molecular complexity index is 1120. The molecule has 0 unspecified atom stereocenters. The Morgan fingerprint density at radius 2 is 1.88 bits per heavy atom. The first-order valence-electron chi connectivity index (χ1n) is 9.87. The van der Waals surface area contributed by atoms with Gasteiger partial charge in [-0.25, -0.2) is 4.79 Å². The number of nitrogens with zero attached hydrogens (tertiary/aromatic N) is 2. The SMILES string of the molecule is COCCCN1C(=O)c2ccc(C(=O)O[C@H](C)C(=O)Nc3cccc(C#N)c3)cc2C1=O. The molecule has 1 N–H and O–H groups in total. The predicted octanol–water partition coefficient (Wildman–Crippen LogP) is 2.37. The molecule has 3 amide bonds. The molecule has 164 valence electrons. The van der Waals surface area contributed by atoms with Crippen molar-refractivity contribution in [3.05, 3.63) is 64.7 Å². The van der Waals surface area contributed by atoms with Crippen molar-refractivity contribution in [2.24, 2.45) is 0 Å². The van der Waals surface area contributed by atoms with Crippen LogP contribution in [0.5, 0.6) is 0 Å². The number of fused-ring (bicyclic) bond motifs is 1. The Labute approximate surface area is 184 Å². The highest BCUT2D eigenvalue weighted by Crippen LogP contribution is 2.25. The van der Waals surface area contributed by atoms with Crippen LogP contribution in [-0.4, -0.2) is 55.0 Å². The number of nitriles is 1. The largest absolute Gasteiger partial charge is 0.449 e. The Morgan fingerprint density at radius 1 is 1.12 bits per heavy atom. The van der Waals surface area contributed by atoms with Gasteiger partial charge < -0.3 is 14.8 Å². The molecule has 1 heterocycles. The van der Waals surface area contributed by atoms with Crippen molar-refractivity contribution < 1.29 is 28.7 Å². The molecule has 2 aromatic carbocycles. The van der Waals surface area contributed by atoms with Crippen molar-refractivity contribution in [1.29, 1.82) is 5.26 Å². The van der Waals surface area contributed by atoms with Gasteiger partial charge in [-0.15, -0.1) is 0 Å². The number of methoxy groups -OCH3 is 1. The van der Waals surface area contributed by atoms with Crippen molar-refractivity contribution in [2.75, 3.05) is 25.6 Å².